The first-order valence-corrected chi connectivity index (χ1v) is 7.83. The fraction of sp³-hybridized carbons (Fsp3) is 0.167. The number of ether oxygens (including phenoxy) is 1. The molecule has 27 heavy (non-hydrogen) atoms. The highest BCUT2D eigenvalue weighted by Gasteiger charge is 2.18. The van der Waals surface area contributed by atoms with Gasteiger partial charge in [0.2, 0.25) is 5.91 Å². The first kappa shape index (κ1) is 19.6. The predicted octanol–water partition coefficient (Wildman–Crippen LogP) is 2.17. The molecular formula is C18H17N3O6. The molecule has 2 amide bonds. The van der Waals surface area contributed by atoms with Gasteiger partial charge >= 0.3 is 5.69 Å². The summed E-state index contributed by atoms with van der Waals surface area (Å²) in [5.41, 5.74) is 0.536. The Labute approximate surface area is 154 Å². The highest BCUT2D eigenvalue weighted by Crippen LogP contribution is 2.27. The minimum Gasteiger partial charge on any atom is -0.490 e. The Morgan fingerprint density at radius 1 is 1.11 bits per heavy atom. The Kier molecular flexibility index (Phi) is 6.21. The van der Waals surface area contributed by atoms with Crippen LogP contribution in [0.15, 0.2) is 42.5 Å². The molecule has 9 heteroatoms. The van der Waals surface area contributed by atoms with E-state index < -0.39 is 16.7 Å². The summed E-state index contributed by atoms with van der Waals surface area (Å²) in [6.45, 7) is 1.07. The van der Waals surface area contributed by atoms with Crippen molar-refractivity contribution in [2.75, 3.05) is 19.0 Å². The van der Waals surface area contributed by atoms with Gasteiger partial charge in [-0.15, -0.1) is 0 Å². The van der Waals surface area contributed by atoms with Gasteiger partial charge in [0.25, 0.3) is 5.91 Å². The van der Waals surface area contributed by atoms with Gasteiger partial charge in [0.1, 0.15) is 0 Å². The molecule has 2 aromatic carbocycles. The number of ketones is 1. The number of amides is 2. The summed E-state index contributed by atoms with van der Waals surface area (Å²) in [6.07, 6.45) is 0. The lowest BCUT2D eigenvalue weighted by Crippen LogP contribution is -2.32. The number of hydrogen-bond acceptors (Lipinski definition) is 6. The van der Waals surface area contributed by atoms with Gasteiger partial charge in [0.05, 0.1) is 18.6 Å². The molecule has 0 aliphatic heterocycles. The number of benzene rings is 2. The van der Waals surface area contributed by atoms with E-state index in [1.54, 1.807) is 18.2 Å². The number of nitrogens with zero attached hydrogens (tertiary/aromatic N) is 1. The van der Waals surface area contributed by atoms with Crippen LogP contribution in [-0.4, -0.2) is 36.2 Å². The molecule has 9 nitrogen and oxygen atoms in total. The van der Waals surface area contributed by atoms with Crippen molar-refractivity contribution in [1.29, 1.82) is 0 Å². The van der Waals surface area contributed by atoms with Gasteiger partial charge in [-0.3, -0.25) is 24.5 Å². The molecule has 0 aromatic heterocycles. The Hall–Kier alpha value is -3.75. The number of rotatable bonds is 7. The number of anilines is 1. The van der Waals surface area contributed by atoms with E-state index in [1.807, 2.05) is 0 Å². The van der Waals surface area contributed by atoms with E-state index >= 15 is 0 Å². The van der Waals surface area contributed by atoms with Gasteiger partial charge in [-0.1, -0.05) is 12.1 Å². The molecule has 0 saturated heterocycles. The molecule has 0 aliphatic carbocycles. The Morgan fingerprint density at radius 3 is 2.48 bits per heavy atom. The Morgan fingerprint density at radius 2 is 1.85 bits per heavy atom. The number of nitro benzene ring substituents is 1. The molecule has 0 saturated carbocycles. The normalized spacial score (nSPS) is 10.0. The summed E-state index contributed by atoms with van der Waals surface area (Å²) in [4.78, 5) is 45.8. The molecule has 0 aliphatic rings. The third-order valence-corrected chi connectivity index (χ3v) is 3.60. The molecule has 0 bridgehead atoms. The van der Waals surface area contributed by atoms with E-state index in [0.29, 0.717) is 11.3 Å². The first-order chi connectivity index (χ1) is 12.8. The maximum absolute atomic E-state index is 12.1. The number of hydrogen-bond donors (Lipinski definition) is 2. The summed E-state index contributed by atoms with van der Waals surface area (Å²) in [5, 5.41) is 15.9. The molecule has 2 rings (SSSR count). The van der Waals surface area contributed by atoms with Gasteiger partial charge in [-0.25, -0.2) is 0 Å². The fourth-order valence-electron chi connectivity index (χ4n) is 2.26. The van der Waals surface area contributed by atoms with E-state index in [2.05, 4.69) is 10.6 Å². The molecular weight excluding hydrogens is 354 g/mol. The summed E-state index contributed by atoms with van der Waals surface area (Å²) in [7, 11) is 1.29. The minimum atomic E-state index is -0.662. The summed E-state index contributed by atoms with van der Waals surface area (Å²) in [6, 6.07) is 10.1. The smallest absolute Gasteiger partial charge is 0.311 e. The highest BCUT2D eigenvalue weighted by molar-refractivity contribution is 6.00. The van der Waals surface area contributed by atoms with Crippen molar-refractivity contribution in [3.63, 3.8) is 0 Å². The second-order valence-corrected chi connectivity index (χ2v) is 5.51. The lowest BCUT2D eigenvalue weighted by Gasteiger charge is -2.08. The molecule has 0 spiro atoms. The Bertz CT molecular complexity index is 910. The second-order valence-electron chi connectivity index (χ2n) is 5.51. The van der Waals surface area contributed by atoms with Crippen molar-refractivity contribution >= 4 is 29.0 Å². The zero-order valence-electron chi connectivity index (χ0n) is 14.6. The van der Waals surface area contributed by atoms with Crippen molar-refractivity contribution in [3.8, 4) is 5.75 Å². The van der Waals surface area contributed by atoms with Crippen LogP contribution < -0.4 is 15.4 Å². The van der Waals surface area contributed by atoms with Crippen LogP contribution in [0.25, 0.3) is 0 Å². The first-order valence-electron chi connectivity index (χ1n) is 7.83. The second kappa shape index (κ2) is 8.56. The molecule has 0 atom stereocenters. The lowest BCUT2D eigenvalue weighted by molar-refractivity contribution is -0.385. The van der Waals surface area contributed by atoms with Crippen LogP contribution >= 0.6 is 0 Å². The third-order valence-electron chi connectivity index (χ3n) is 3.60. The van der Waals surface area contributed by atoms with E-state index in [9.17, 15) is 24.5 Å². The maximum Gasteiger partial charge on any atom is 0.311 e. The number of methoxy groups -OCH3 is 1. The Balaban J connectivity index is 2.00. The van der Waals surface area contributed by atoms with Crippen LogP contribution in [-0.2, 0) is 4.79 Å². The third kappa shape index (κ3) is 5.11. The van der Waals surface area contributed by atoms with E-state index in [4.69, 9.17) is 4.74 Å². The lowest BCUT2D eigenvalue weighted by atomic mass is 10.1. The minimum absolute atomic E-state index is 0.0221. The number of nitrogens with one attached hydrogen (secondary N) is 2. The van der Waals surface area contributed by atoms with Crippen molar-refractivity contribution in [1.82, 2.24) is 5.32 Å². The molecule has 0 fully saturated rings. The molecule has 0 unspecified atom stereocenters. The average Bonchev–Trinajstić information content (AvgIpc) is 2.65. The summed E-state index contributed by atoms with van der Waals surface area (Å²) in [5.74, 6) is -1.26. The molecule has 140 valence electrons. The zero-order valence-corrected chi connectivity index (χ0v) is 14.6. The monoisotopic (exact) mass is 371 g/mol. The van der Waals surface area contributed by atoms with Gasteiger partial charge < -0.3 is 15.4 Å². The van der Waals surface area contributed by atoms with Crippen LogP contribution in [0.1, 0.15) is 27.6 Å². The van der Waals surface area contributed by atoms with Crippen molar-refractivity contribution in [2.45, 2.75) is 6.92 Å². The van der Waals surface area contributed by atoms with E-state index in [1.165, 1.54) is 32.2 Å². The van der Waals surface area contributed by atoms with Crippen molar-refractivity contribution in [3.05, 3.63) is 63.7 Å². The van der Waals surface area contributed by atoms with Crippen LogP contribution in [0, 0.1) is 10.1 Å². The molecule has 0 heterocycles. The molecule has 2 aromatic rings. The van der Waals surface area contributed by atoms with Gasteiger partial charge in [-0.05, 0) is 31.2 Å². The van der Waals surface area contributed by atoms with Crippen molar-refractivity contribution in [2.24, 2.45) is 0 Å². The largest absolute Gasteiger partial charge is 0.490 e. The standard InChI is InChI=1S/C18H17N3O6/c1-11(22)12-4-3-5-14(8-12)20-17(23)10-19-18(24)13-6-7-16(27-2)15(9-13)21(25)26/h3-9H,10H2,1-2H3,(H,19,24)(H,20,23). The highest BCUT2D eigenvalue weighted by atomic mass is 16.6. The topological polar surface area (TPSA) is 128 Å². The number of carbonyl (C=O) groups is 3. The van der Waals surface area contributed by atoms with E-state index in [-0.39, 0.29) is 29.3 Å². The SMILES string of the molecule is COc1ccc(C(=O)NCC(=O)Nc2cccc(C(C)=O)c2)cc1[N+](=O)[O-]. The molecule has 0 radical (unpaired) electrons. The summed E-state index contributed by atoms with van der Waals surface area (Å²) >= 11 is 0. The number of nitro groups is 1. The van der Waals surface area contributed by atoms with Crippen LogP contribution in [0.3, 0.4) is 0 Å². The summed E-state index contributed by atoms with van der Waals surface area (Å²) < 4.78 is 4.87. The maximum atomic E-state index is 12.1. The molecule has 2 N–H and O–H groups in total. The number of carbonyl (C=O) groups excluding carboxylic acids is 3. The van der Waals surface area contributed by atoms with Crippen LogP contribution in [0.5, 0.6) is 5.75 Å². The zero-order chi connectivity index (χ0) is 20.0. The van der Waals surface area contributed by atoms with Gasteiger partial charge in [0, 0.05) is 22.9 Å². The van der Waals surface area contributed by atoms with E-state index in [0.717, 1.165) is 6.07 Å². The van der Waals surface area contributed by atoms with Gasteiger partial charge in [0.15, 0.2) is 11.5 Å². The van der Waals surface area contributed by atoms with Crippen molar-refractivity contribution < 1.29 is 24.0 Å². The predicted molar refractivity (Wildman–Crippen MR) is 97.1 cm³/mol. The average molecular weight is 371 g/mol. The van der Waals surface area contributed by atoms with Gasteiger partial charge in [-0.2, -0.15) is 0 Å². The van der Waals surface area contributed by atoms with Crippen LogP contribution in [0.2, 0.25) is 0 Å². The van der Waals surface area contributed by atoms with Crippen LogP contribution in [0.4, 0.5) is 11.4 Å². The number of Topliss-reactive ketones (excluding diaryl/α,β-unsaturated/α-hetero) is 1. The quantitative estimate of drug-likeness (QED) is 0.436. The fourth-order valence-corrected chi connectivity index (χ4v) is 2.26.